The Morgan fingerprint density at radius 1 is 1.26 bits per heavy atom. The van der Waals surface area contributed by atoms with Gasteiger partial charge < -0.3 is 21.5 Å². The lowest BCUT2D eigenvalue weighted by Crippen LogP contribution is -2.47. The van der Waals surface area contributed by atoms with Crippen molar-refractivity contribution >= 4 is 17.9 Å². The van der Waals surface area contributed by atoms with Crippen LogP contribution in [-0.4, -0.2) is 35.6 Å². The minimum absolute atomic E-state index is 0.00150. The topological polar surface area (TPSA) is 122 Å². The number of nitrogens with two attached hydrogens (primary N) is 1. The number of amides is 3. The lowest BCUT2D eigenvalue weighted by molar-refractivity contribution is -0.139. The molecule has 0 aliphatic heterocycles. The number of carboxylic acid groups (broad SMARTS) is 1. The highest BCUT2D eigenvalue weighted by Crippen LogP contribution is 2.23. The van der Waals surface area contributed by atoms with E-state index in [4.69, 9.17) is 10.8 Å². The lowest BCUT2D eigenvalue weighted by Gasteiger charge is -2.16. The van der Waals surface area contributed by atoms with Gasteiger partial charge in [0.05, 0.1) is 0 Å². The van der Waals surface area contributed by atoms with Gasteiger partial charge in [0.1, 0.15) is 6.04 Å². The van der Waals surface area contributed by atoms with Crippen molar-refractivity contribution in [3.05, 3.63) is 0 Å². The number of rotatable bonds is 7. The summed E-state index contributed by atoms with van der Waals surface area (Å²) < 4.78 is 0. The van der Waals surface area contributed by atoms with Crippen molar-refractivity contribution in [2.75, 3.05) is 6.54 Å². The van der Waals surface area contributed by atoms with Crippen molar-refractivity contribution in [2.24, 2.45) is 11.7 Å². The number of carboxylic acids is 1. The summed E-state index contributed by atoms with van der Waals surface area (Å²) in [5.41, 5.74) is 4.95. The highest BCUT2D eigenvalue weighted by molar-refractivity contribution is 5.83. The molecule has 3 amide bonds. The molecule has 1 aliphatic rings. The van der Waals surface area contributed by atoms with Gasteiger partial charge in [-0.1, -0.05) is 12.8 Å². The second kappa shape index (κ2) is 7.60. The normalized spacial score (nSPS) is 16.8. The molecule has 0 radical (unpaired) electrons. The van der Waals surface area contributed by atoms with Crippen LogP contribution in [0.5, 0.6) is 0 Å². The van der Waals surface area contributed by atoms with Crippen LogP contribution in [-0.2, 0) is 9.59 Å². The number of carbonyl (C=O) groups excluding carboxylic acids is 2. The van der Waals surface area contributed by atoms with Gasteiger partial charge in [-0.25, -0.2) is 9.59 Å². The van der Waals surface area contributed by atoms with Gasteiger partial charge in [0.25, 0.3) is 0 Å². The van der Waals surface area contributed by atoms with Crippen LogP contribution in [0, 0.1) is 5.92 Å². The highest BCUT2D eigenvalue weighted by Gasteiger charge is 2.21. The first-order chi connectivity index (χ1) is 8.99. The fourth-order valence-corrected chi connectivity index (χ4v) is 2.20. The summed E-state index contributed by atoms with van der Waals surface area (Å²) in [5, 5.41) is 13.9. The van der Waals surface area contributed by atoms with Gasteiger partial charge in [-0.2, -0.15) is 0 Å². The van der Waals surface area contributed by atoms with E-state index in [1.165, 1.54) is 12.8 Å². The third kappa shape index (κ3) is 6.08. The van der Waals surface area contributed by atoms with Gasteiger partial charge in [-0.05, 0) is 25.2 Å². The van der Waals surface area contributed by atoms with Crippen LogP contribution in [0.25, 0.3) is 0 Å². The third-order valence-electron chi connectivity index (χ3n) is 3.31. The summed E-state index contributed by atoms with van der Waals surface area (Å²) in [5.74, 6) is -1.27. The molecule has 1 saturated carbocycles. The summed E-state index contributed by atoms with van der Waals surface area (Å²) in [7, 11) is 0. The zero-order valence-electron chi connectivity index (χ0n) is 10.9. The maximum absolute atomic E-state index is 11.6. The van der Waals surface area contributed by atoms with Gasteiger partial charge in [-0.15, -0.1) is 0 Å². The van der Waals surface area contributed by atoms with E-state index >= 15 is 0 Å². The Morgan fingerprint density at radius 3 is 2.42 bits per heavy atom. The van der Waals surface area contributed by atoms with Crippen LogP contribution in [0.2, 0.25) is 0 Å². The first kappa shape index (κ1) is 15.3. The van der Waals surface area contributed by atoms with E-state index in [0.29, 0.717) is 12.5 Å². The minimum atomic E-state index is -1.17. The minimum Gasteiger partial charge on any atom is -0.480 e. The number of nitrogens with one attached hydrogen (secondary N) is 2. The molecule has 108 valence electrons. The summed E-state index contributed by atoms with van der Waals surface area (Å²) in [6.45, 7) is 0.563. The SMILES string of the molecule is NC(=O)CC[C@@H](NC(=O)NCC1CCCC1)C(=O)O. The average Bonchev–Trinajstić information content (AvgIpc) is 2.84. The Kier molecular flexibility index (Phi) is 6.11. The maximum Gasteiger partial charge on any atom is 0.326 e. The summed E-state index contributed by atoms with van der Waals surface area (Å²) in [4.78, 5) is 33.1. The molecule has 19 heavy (non-hydrogen) atoms. The molecule has 7 nitrogen and oxygen atoms in total. The van der Waals surface area contributed by atoms with Gasteiger partial charge >= 0.3 is 12.0 Å². The molecular weight excluding hydrogens is 250 g/mol. The van der Waals surface area contributed by atoms with E-state index in [0.717, 1.165) is 12.8 Å². The van der Waals surface area contributed by atoms with Crippen molar-refractivity contribution in [2.45, 2.75) is 44.6 Å². The van der Waals surface area contributed by atoms with E-state index in [2.05, 4.69) is 10.6 Å². The van der Waals surface area contributed by atoms with Crippen LogP contribution < -0.4 is 16.4 Å². The van der Waals surface area contributed by atoms with Crippen LogP contribution in [0.3, 0.4) is 0 Å². The summed E-state index contributed by atoms with van der Waals surface area (Å²) in [6, 6.07) is -1.60. The van der Waals surface area contributed by atoms with Gasteiger partial charge in [0.15, 0.2) is 0 Å². The van der Waals surface area contributed by atoms with Crippen molar-refractivity contribution in [3.8, 4) is 0 Å². The standard InChI is InChI=1S/C12H21N3O4/c13-10(16)6-5-9(11(17)18)15-12(19)14-7-8-3-1-2-4-8/h8-9H,1-7H2,(H2,13,16)(H,17,18)(H2,14,15,19)/t9-/m1/s1. The Labute approximate surface area is 111 Å². The van der Waals surface area contributed by atoms with Crippen LogP contribution in [0.4, 0.5) is 4.79 Å². The van der Waals surface area contributed by atoms with Crippen LogP contribution in [0.15, 0.2) is 0 Å². The summed E-state index contributed by atoms with van der Waals surface area (Å²) >= 11 is 0. The molecule has 1 aliphatic carbocycles. The second-order valence-corrected chi connectivity index (χ2v) is 4.90. The lowest BCUT2D eigenvalue weighted by atomic mass is 10.1. The predicted octanol–water partition coefficient (Wildman–Crippen LogP) is 0.194. The number of carbonyl (C=O) groups is 3. The molecule has 0 unspecified atom stereocenters. The molecule has 0 bridgehead atoms. The monoisotopic (exact) mass is 271 g/mol. The fourth-order valence-electron chi connectivity index (χ4n) is 2.20. The fraction of sp³-hybridized carbons (Fsp3) is 0.750. The molecular formula is C12H21N3O4. The smallest absolute Gasteiger partial charge is 0.326 e. The van der Waals surface area contributed by atoms with Crippen molar-refractivity contribution < 1.29 is 19.5 Å². The molecule has 1 fully saturated rings. The Hall–Kier alpha value is -1.79. The first-order valence-electron chi connectivity index (χ1n) is 6.54. The Morgan fingerprint density at radius 2 is 1.89 bits per heavy atom. The Balaban J connectivity index is 2.29. The highest BCUT2D eigenvalue weighted by atomic mass is 16.4. The van der Waals surface area contributed by atoms with Crippen molar-refractivity contribution in [1.29, 1.82) is 0 Å². The van der Waals surface area contributed by atoms with E-state index in [9.17, 15) is 14.4 Å². The second-order valence-electron chi connectivity index (χ2n) is 4.90. The van der Waals surface area contributed by atoms with Crippen LogP contribution >= 0.6 is 0 Å². The third-order valence-corrected chi connectivity index (χ3v) is 3.31. The molecule has 1 rings (SSSR count). The molecule has 0 aromatic carbocycles. The number of primary amides is 1. The molecule has 0 aromatic heterocycles. The van der Waals surface area contributed by atoms with Gasteiger partial charge in [0.2, 0.25) is 5.91 Å². The zero-order valence-corrected chi connectivity index (χ0v) is 10.9. The van der Waals surface area contributed by atoms with E-state index in [1.807, 2.05) is 0 Å². The van der Waals surface area contributed by atoms with Gasteiger partial charge in [0, 0.05) is 13.0 Å². The quantitative estimate of drug-likeness (QED) is 0.528. The molecule has 0 saturated heterocycles. The van der Waals surface area contributed by atoms with Crippen LogP contribution in [0.1, 0.15) is 38.5 Å². The molecule has 0 spiro atoms. The molecule has 0 aromatic rings. The average molecular weight is 271 g/mol. The maximum atomic E-state index is 11.6. The van der Waals surface area contributed by atoms with Crippen molar-refractivity contribution in [3.63, 3.8) is 0 Å². The summed E-state index contributed by atoms with van der Waals surface area (Å²) in [6.07, 6.45) is 4.50. The first-order valence-corrected chi connectivity index (χ1v) is 6.54. The predicted molar refractivity (Wildman–Crippen MR) is 68.3 cm³/mol. The van der Waals surface area contributed by atoms with E-state index < -0.39 is 23.9 Å². The number of aliphatic carboxylic acids is 1. The van der Waals surface area contributed by atoms with Crippen molar-refractivity contribution in [1.82, 2.24) is 10.6 Å². The zero-order chi connectivity index (χ0) is 14.3. The molecule has 5 N–H and O–H groups in total. The molecule has 7 heteroatoms. The number of urea groups is 1. The van der Waals surface area contributed by atoms with E-state index in [1.54, 1.807) is 0 Å². The van der Waals surface area contributed by atoms with E-state index in [-0.39, 0.29) is 12.8 Å². The number of hydrogen-bond acceptors (Lipinski definition) is 3. The largest absolute Gasteiger partial charge is 0.480 e. The Bertz CT molecular complexity index is 340. The van der Waals surface area contributed by atoms with Gasteiger partial charge in [-0.3, -0.25) is 4.79 Å². The molecule has 1 atom stereocenters. The number of hydrogen-bond donors (Lipinski definition) is 4. The molecule has 0 heterocycles.